The summed E-state index contributed by atoms with van der Waals surface area (Å²) < 4.78 is 110. The maximum Gasteiger partial charge on any atom is 0.416 e. The van der Waals surface area contributed by atoms with E-state index in [1.807, 2.05) is 0 Å². The molecule has 1 heterocycles. The Balaban J connectivity index is 1.80. The number of hydrogen-bond acceptors (Lipinski definition) is 7. The van der Waals surface area contributed by atoms with E-state index in [9.17, 15) is 39.2 Å². The van der Waals surface area contributed by atoms with Crippen molar-refractivity contribution < 1.29 is 49.1 Å². The van der Waals surface area contributed by atoms with Gasteiger partial charge in [-0.25, -0.2) is 26.7 Å². The quantitative estimate of drug-likeness (QED) is 0.301. The Morgan fingerprint density at radius 3 is 2.31 bits per heavy atom. The SMILES string of the molecule is CS(=O)(=O)N1CCN(S(=O)(=O)c2ccc(OCc3cc(F)ccc3C(F)(F)F)cc2)C(C(=O)NO)C1. The van der Waals surface area contributed by atoms with Gasteiger partial charge in [0.15, 0.2) is 0 Å². The lowest BCUT2D eigenvalue weighted by molar-refractivity contribution is -0.138. The maximum absolute atomic E-state index is 13.5. The molecule has 0 spiro atoms. The standard InChI is InChI=1S/C20H21F4N3O7S2/c1-35(30,31)26-8-9-27(18(11-26)19(28)25-29)36(32,33)16-5-3-15(4-6-16)34-12-13-10-14(21)2-7-17(13)20(22,23)24/h2-7,10,18,29H,8-9,11-12H2,1H3,(H,25,28). The third-order valence-electron chi connectivity index (χ3n) is 5.37. The number of piperazine rings is 1. The largest absolute Gasteiger partial charge is 0.489 e. The molecule has 1 amide bonds. The summed E-state index contributed by atoms with van der Waals surface area (Å²) in [6.45, 7) is -1.79. The van der Waals surface area contributed by atoms with Gasteiger partial charge in [-0.05, 0) is 42.5 Å². The highest BCUT2D eigenvalue weighted by molar-refractivity contribution is 7.89. The summed E-state index contributed by atoms with van der Waals surface area (Å²) in [5.74, 6) is -2.04. The van der Waals surface area contributed by atoms with Gasteiger partial charge in [-0.1, -0.05) is 0 Å². The Morgan fingerprint density at radius 1 is 1.11 bits per heavy atom. The van der Waals surface area contributed by atoms with E-state index in [0.29, 0.717) is 18.2 Å². The monoisotopic (exact) mass is 555 g/mol. The van der Waals surface area contributed by atoms with Gasteiger partial charge < -0.3 is 4.74 Å². The summed E-state index contributed by atoms with van der Waals surface area (Å²) in [5, 5.41) is 9.01. The van der Waals surface area contributed by atoms with E-state index in [2.05, 4.69) is 0 Å². The van der Waals surface area contributed by atoms with E-state index in [-0.39, 0.29) is 23.7 Å². The molecule has 2 aromatic rings. The van der Waals surface area contributed by atoms with Crippen molar-refractivity contribution >= 4 is 26.0 Å². The number of benzene rings is 2. The van der Waals surface area contributed by atoms with Crippen LogP contribution in [0.2, 0.25) is 0 Å². The van der Waals surface area contributed by atoms with Gasteiger partial charge in [-0.3, -0.25) is 10.0 Å². The maximum atomic E-state index is 13.5. The summed E-state index contributed by atoms with van der Waals surface area (Å²) in [5.41, 5.74) is -0.209. The van der Waals surface area contributed by atoms with Gasteiger partial charge in [0.25, 0.3) is 5.91 Å². The topological polar surface area (TPSA) is 133 Å². The van der Waals surface area contributed by atoms with E-state index >= 15 is 0 Å². The average Bonchev–Trinajstić information content (AvgIpc) is 2.80. The Morgan fingerprint density at radius 2 is 1.75 bits per heavy atom. The van der Waals surface area contributed by atoms with Crippen molar-refractivity contribution in [3.05, 3.63) is 59.4 Å². The van der Waals surface area contributed by atoms with Crippen molar-refractivity contribution in [2.24, 2.45) is 0 Å². The van der Waals surface area contributed by atoms with Gasteiger partial charge in [-0.15, -0.1) is 0 Å². The molecule has 2 N–H and O–H groups in total. The van der Waals surface area contributed by atoms with Crippen LogP contribution in [0.3, 0.4) is 0 Å². The van der Waals surface area contributed by atoms with E-state index in [1.54, 1.807) is 0 Å². The molecule has 0 saturated carbocycles. The molecular formula is C20H21F4N3O7S2. The summed E-state index contributed by atoms with van der Waals surface area (Å²) in [7, 11) is -8.11. The molecule has 3 rings (SSSR count). The Labute approximate surface area is 204 Å². The molecular weight excluding hydrogens is 534 g/mol. The first-order valence-corrected chi connectivity index (χ1v) is 13.4. The number of halogens is 4. The molecule has 1 saturated heterocycles. The second-order valence-corrected chi connectivity index (χ2v) is 11.7. The third-order valence-corrected chi connectivity index (χ3v) is 8.57. The van der Waals surface area contributed by atoms with Crippen molar-refractivity contribution in [1.29, 1.82) is 0 Å². The second kappa shape index (κ2) is 10.3. The van der Waals surface area contributed by atoms with Crippen molar-refractivity contribution in [3.8, 4) is 5.75 Å². The minimum Gasteiger partial charge on any atom is -0.489 e. The van der Waals surface area contributed by atoms with Crippen LogP contribution in [-0.2, 0) is 37.6 Å². The Bertz CT molecular complexity index is 1330. The first-order chi connectivity index (χ1) is 16.6. The van der Waals surface area contributed by atoms with Gasteiger partial charge in [0.1, 0.15) is 24.2 Å². The lowest BCUT2D eigenvalue weighted by Gasteiger charge is -2.38. The molecule has 36 heavy (non-hydrogen) atoms. The van der Waals surface area contributed by atoms with Gasteiger partial charge in [0, 0.05) is 25.2 Å². The number of hydroxylamine groups is 1. The fraction of sp³-hybridized carbons (Fsp3) is 0.350. The fourth-order valence-electron chi connectivity index (χ4n) is 3.58. The summed E-state index contributed by atoms with van der Waals surface area (Å²) >= 11 is 0. The minimum absolute atomic E-state index is 0.0158. The van der Waals surface area contributed by atoms with Crippen molar-refractivity contribution in [1.82, 2.24) is 14.1 Å². The molecule has 1 atom stereocenters. The highest BCUT2D eigenvalue weighted by atomic mass is 32.2. The van der Waals surface area contributed by atoms with Crippen LogP contribution in [0.1, 0.15) is 11.1 Å². The van der Waals surface area contributed by atoms with Crippen LogP contribution in [0.5, 0.6) is 5.75 Å². The van der Waals surface area contributed by atoms with E-state index in [1.165, 1.54) is 5.48 Å². The molecule has 1 fully saturated rings. The lowest BCUT2D eigenvalue weighted by atomic mass is 10.1. The zero-order chi connectivity index (χ0) is 26.9. The van der Waals surface area contributed by atoms with Crippen LogP contribution in [-0.4, -0.2) is 68.5 Å². The predicted molar refractivity (Wildman–Crippen MR) is 116 cm³/mol. The molecule has 1 unspecified atom stereocenters. The number of alkyl halides is 3. The molecule has 10 nitrogen and oxygen atoms in total. The second-order valence-electron chi connectivity index (χ2n) is 7.79. The third kappa shape index (κ3) is 6.12. The molecule has 0 aliphatic carbocycles. The van der Waals surface area contributed by atoms with Crippen LogP contribution >= 0.6 is 0 Å². The molecule has 0 aromatic heterocycles. The number of rotatable bonds is 7. The fourth-order valence-corrected chi connectivity index (χ4v) is 5.98. The minimum atomic E-state index is -4.73. The zero-order valence-corrected chi connectivity index (χ0v) is 20.2. The van der Waals surface area contributed by atoms with E-state index in [4.69, 9.17) is 9.94 Å². The van der Waals surface area contributed by atoms with Crippen molar-refractivity contribution in [2.45, 2.75) is 23.7 Å². The number of sulfonamides is 2. The normalized spacial score (nSPS) is 18.1. The Hall–Kier alpha value is -2.79. The highest BCUT2D eigenvalue weighted by Crippen LogP contribution is 2.33. The number of amides is 1. The van der Waals surface area contributed by atoms with Gasteiger partial charge >= 0.3 is 6.18 Å². The van der Waals surface area contributed by atoms with Gasteiger partial charge in [0.05, 0.1) is 16.7 Å². The smallest absolute Gasteiger partial charge is 0.416 e. The summed E-state index contributed by atoms with van der Waals surface area (Å²) in [6, 6.07) is 4.87. The van der Waals surface area contributed by atoms with Crippen molar-refractivity contribution in [3.63, 3.8) is 0 Å². The van der Waals surface area contributed by atoms with E-state index < -0.39 is 68.3 Å². The zero-order valence-electron chi connectivity index (χ0n) is 18.6. The van der Waals surface area contributed by atoms with Crippen LogP contribution in [0.15, 0.2) is 47.4 Å². The van der Waals surface area contributed by atoms with Gasteiger partial charge in [0.2, 0.25) is 20.0 Å². The molecule has 0 bridgehead atoms. The predicted octanol–water partition coefficient (Wildman–Crippen LogP) is 1.56. The summed E-state index contributed by atoms with van der Waals surface area (Å²) in [4.78, 5) is 11.8. The lowest BCUT2D eigenvalue weighted by Crippen LogP contribution is -2.60. The number of nitrogens with zero attached hydrogens (tertiary/aromatic N) is 2. The highest BCUT2D eigenvalue weighted by Gasteiger charge is 2.42. The van der Waals surface area contributed by atoms with Crippen LogP contribution < -0.4 is 10.2 Å². The number of carbonyl (C=O) groups is 1. The van der Waals surface area contributed by atoms with E-state index in [0.717, 1.165) is 39.1 Å². The average molecular weight is 556 g/mol. The molecule has 0 radical (unpaired) electrons. The molecule has 198 valence electrons. The van der Waals surface area contributed by atoms with Crippen LogP contribution in [0.4, 0.5) is 17.6 Å². The first-order valence-electron chi connectivity index (χ1n) is 10.1. The van der Waals surface area contributed by atoms with Crippen LogP contribution in [0.25, 0.3) is 0 Å². The Kier molecular flexibility index (Phi) is 7.95. The number of ether oxygens (including phenoxy) is 1. The van der Waals surface area contributed by atoms with Crippen LogP contribution in [0, 0.1) is 5.82 Å². The molecule has 1 aliphatic rings. The summed E-state index contributed by atoms with van der Waals surface area (Å²) in [6.07, 6.45) is -3.84. The number of nitrogens with one attached hydrogen (secondary N) is 1. The van der Waals surface area contributed by atoms with Gasteiger partial charge in [-0.2, -0.15) is 21.8 Å². The number of carbonyl (C=O) groups excluding carboxylic acids is 1. The first kappa shape index (κ1) is 27.8. The molecule has 2 aromatic carbocycles. The number of hydrogen-bond donors (Lipinski definition) is 2. The van der Waals surface area contributed by atoms with Crippen molar-refractivity contribution in [2.75, 3.05) is 25.9 Å². The molecule has 16 heteroatoms. The molecule has 1 aliphatic heterocycles.